The number of allylic oxidation sites excluding steroid dienone is 3. The minimum absolute atomic E-state index is 0.0260. The molecule has 2 aromatic heterocycles. The summed E-state index contributed by atoms with van der Waals surface area (Å²) in [5.41, 5.74) is 9.63. The first-order chi connectivity index (χ1) is 18.0. The Morgan fingerprint density at radius 2 is 1.87 bits per heavy atom. The molecule has 1 aromatic carbocycles. The van der Waals surface area contributed by atoms with Gasteiger partial charge in [0, 0.05) is 33.2 Å². The Labute approximate surface area is 236 Å². The number of nitrogens with zero attached hydrogens (tertiary/aromatic N) is 4. The van der Waals surface area contributed by atoms with E-state index in [9.17, 15) is 10.1 Å². The largest absolute Gasteiger partial charge is 0.384 e. The number of thiophene rings is 1. The highest BCUT2D eigenvalue weighted by Crippen LogP contribution is 2.52. The number of anilines is 1. The zero-order chi connectivity index (χ0) is 27.2. The van der Waals surface area contributed by atoms with Crippen LogP contribution in [0.3, 0.4) is 0 Å². The zero-order valence-corrected chi connectivity index (χ0v) is 24.7. The fourth-order valence-electron chi connectivity index (χ4n) is 4.99. The Morgan fingerprint density at radius 1 is 1.13 bits per heavy atom. The number of carbonyl (C=O) groups is 1. The molecule has 38 heavy (non-hydrogen) atoms. The molecule has 0 spiro atoms. The van der Waals surface area contributed by atoms with Crippen LogP contribution in [0, 0.1) is 16.7 Å². The molecule has 5 rings (SSSR count). The molecule has 1 unspecified atom stereocenters. The van der Waals surface area contributed by atoms with Crippen LogP contribution in [0.4, 0.5) is 5.13 Å². The van der Waals surface area contributed by atoms with Crippen molar-refractivity contribution in [3.8, 4) is 6.07 Å². The standard InChI is InChI=1S/C29H31N5OS3/c1-28(2,3)22-12-11-21(37-22)23-18(15-30)25(31)34(19-13-29(4,5)14-20(35)24(19)23)26-32-33-27(38-26)36-16-17-9-7-6-8-10-17/h6-12,23H,13-14,16,31H2,1-5H3. The van der Waals surface area contributed by atoms with E-state index in [0.717, 1.165) is 20.7 Å². The highest BCUT2D eigenvalue weighted by molar-refractivity contribution is 8.00. The second kappa shape index (κ2) is 9.99. The molecule has 3 aromatic rings. The van der Waals surface area contributed by atoms with E-state index < -0.39 is 5.92 Å². The quantitative estimate of drug-likeness (QED) is 0.331. The fraction of sp³-hybridized carbons (Fsp3) is 0.379. The van der Waals surface area contributed by atoms with E-state index in [1.807, 2.05) is 23.1 Å². The van der Waals surface area contributed by atoms with E-state index >= 15 is 0 Å². The van der Waals surface area contributed by atoms with E-state index in [1.165, 1.54) is 21.8 Å². The van der Waals surface area contributed by atoms with E-state index in [4.69, 9.17) is 5.73 Å². The number of nitrogens with two attached hydrogens (primary N) is 1. The van der Waals surface area contributed by atoms with Gasteiger partial charge in [-0.2, -0.15) is 5.26 Å². The Balaban J connectivity index is 1.58. The summed E-state index contributed by atoms with van der Waals surface area (Å²) in [5.74, 6) is 0.722. The third-order valence-corrected chi connectivity index (χ3v) is 10.5. The first-order valence-electron chi connectivity index (χ1n) is 12.5. The molecule has 9 heteroatoms. The molecule has 0 fully saturated rings. The van der Waals surface area contributed by atoms with E-state index in [2.05, 4.69) is 75.2 Å². The number of thioether (sulfide) groups is 1. The summed E-state index contributed by atoms with van der Waals surface area (Å²) in [6.07, 6.45) is 1.09. The lowest BCUT2D eigenvalue weighted by atomic mass is 9.70. The number of benzene rings is 1. The molecule has 1 aliphatic carbocycles. The van der Waals surface area contributed by atoms with Crippen LogP contribution in [0.1, 0.15) is 68.7 Å². The SMILES string of the molecule is CC1(C)CC(=O)C2=C(C1)N(c1nnc(SCc3ccccc3)s1)C(N)=C(C#N)C2c1ccc(C(C)(C)C)s1. The molecule has 0 radical (unpaired) electrons. The van der Waals surface area contributed by atoms with Crippen LogP contribution in [0.5, 0.6) is 0 Å². The van der Waals surface area contributed by atoms with Crippen molar-refractivity contribution in [2.45, 2.75) is 68.9 Å². The molecule has 6 nitrogen and oxygen atoms in total. The van der Waals surface area contributed by atoms with E-state index in [-0.39, 0.29) is 16.6 Å². The minimum atomic E-state index is -0.462. The predicted octanol–water partition coefficient (Wildman–Crippen LogP) is 7.13. The second-order valence-electron chi connectivity index (χ2n) is 11.6. The van der Waals surface area contributed by atoms with E-state index in [0.29, 0.717) is 34.9 Å². The molecule has 0 amide bonds. The van der Waals surface area contributed by atoms with Gasteiger partial charge in [0.25, 0.3) is 0 Å². The van der Waals surface area contributed by atoms with Crippen LogP contribution in [-0.2, 0) is 16.0 Å². The highest BCUT2D eigenvalue weighted by atomic mass is 32.2. The van der Waals surface area contributed by atoms with Gasteiger partial charge in [-0.25, -0.2) is 0 Å². The van der Waals surface area contributed by atoms with Gasteiger partial charge in [0.05, 0.1) is 17.6 Å². The van der Waals surface area contributed by atoms with Gasteiger partial charge in [-0.05, 0) is 34.9 Å². The molecule has 1 atom stereocenters. The van der Waals surface area contributed by atoms with Crippen LogP contribution >= 0.6 is 34.4 Å². The number of hydrogen-bond donors (Lipinski definition) is 1. The normalized spacial score (nSPS) is 19.5. The van der Waals surface area contributed by atoms with Gasteiger partial charge in [0.2, 0.25) is 5.13 Å². The summed E-state index contributed by atoms with van der Waals surface area (Å²) in [5, 5.41) is 19.8. The van der Waals surface area contributed by atoms with Crippen LogP contribution < -0.4 is 10.6 Å². The lowest BCUT2D eigenvalue weighted by Gasteiger charge is -2.42. The van der Waals surface area contributed by atoms with Crippen LogP contribution in [0.15, 0.2) is 69.5 Å². The van der Waals surface area contributed by atoms with Gasteiger partial charge in [-0.3, -0.25) is 9.69 Å². The minimum Gasteiger partial charge on any atom is -0.384 e. The van der Waals surface area contributed by atoms with Crippen molar-refractivity contribution >= 4 is 45.4 Å². The fourth-order valence-corrected chi connectivity index (χ4v) is 8.02. The highest BCUT2D eigenvalue weighted by Gasteiger charge is 2.46. The molecule has 0 bridgehead atoms. The summed E-state index contributed by atoms with van der Waals surface area (Å²) < 4.78 is 0.814. The van der Waals surface area contributed by atoms with Crippen LogP contribution in [-0.4, -0.2) is 16.0 Å². The average molecular weight is 562 g/mol. The van der Waals surface area contributed by atoms with Crippen LogP contribution in [0.2, 0.25) is 0 Å². The Bertz CT molecular complexity index is 1480. The lowest BCUT2D eigenvalue weighted by molar-refractivity contribution is -0.118. The molecule has 3 heterocycles. The van der Waals surface area contributed by atoms with Gasteiger partial charge in [-0.1, -0.05) is 88.0 Å². The van der Waals surface area contributed by atoms with Crippen molar-refractivity contribution in [3.05, 3.63) is 80.4 Å². The summed E-state index contributed by atoms with van der Waals surface area (Å²) >= 11 is 4.71. The third-order valence-electron chi connectivity index (χ3n) is 6.82. The van der Waals surface area contributed by atoms with Gasteiger partial charge in [0.15, 0.2) is 10.1 Å². The smallest absolute Gasteiger partial charge is 0.219 e. The Kier molecular flexibility index (Phi) is 7.01. The summed E-state index contributed by atoms with van der Waals surface area (Å²) in [7, 11) is 0. The molecular weight excluding hydrogens is 531 g/mol. The second-order valence-corrected chi connectivity index (χ2v) is 14.9. The maximum atomic E-state index is 13.8. The molecule has 196 valence electrons. The van der Waals surface area contributed by atoms with Crippen molar-refractivity contribution in [2.24, 2.45) is 11.1 Å². The number of rotatable bonds is 5. The number of ketones is 1. The van der Waals surface area contributed by atoms with Crippen LogP contribution in [0.25, 0.3) is 0 Å². The number of Topliss-reactive ketones (excluding diaryl/α,β-unsaturated/α-hetero) is 1. The molecule has 2 aliphatic rings. The van der Waals surface area contributed by atoms with E-state index in [1.54, 1.807) is 23.1 Å². The molecule has 2 N–H and O–H groups in total. The van der Waals surface area contributed by atoms with Gasteiger partial charge in [-0.15, -0.1) is 21.5 Å². The first kappa shape index (κ1) is 26.7. The molecular formula is C29H31N5OS3. The van der Waals surface area contributed by atoms with Gasteiger partial charge in [0.1, 0.15) is 5.82 Å². The third kappa shape index (κ3) is 5.05. The Morgan fingerprint density at radius 3 is 2.53 bits per heavy atom. The predicted molar refractivity (Wildman–Crippen MR) is 156 cm³/mol. The zero-order valence-electron chi connectivity index (χ0n) is 22.2. The maximum Gasteiger partial charge on any atom is 0.219 e. The van der Waals surface area contributed by atoms with Crippen molar-refractivity contribution in [2.75, 3.05) is 4.90 Å². The number of carbonyl (C=O) groups excluding carboxylic acids is 1. The number of hydrogen-bond acceptors (Lipinski definition) is 9. The monoisotopic (exact) mass is 561 g/mol. The Hall–Kier alpha value is -2.93. The lowest BCUT2D eigenvalue weighted by Crippen LogP contribution is -2.42. The summed E-state index contributed by atoms with van der Waals surface area (Å²) in [6, 6.07) is 16.7. The first-order valence-corrected chi connectivity index (χ1v) is 15.2. The molecule has 0 saturated carbocycles. The van der Waals surface area contributed by atoms with Crippen molar-refractivity contribution in [3.63, 3.8) is 0 Å². The van der Waals surface area contributed by atoms with Gasteiger partial charge < -0.3 is 5.73 Å². The van der Waals surface area contributed by atoms with Gasteiger partial charge >= 0.3 is 0 Å². The number of aromatic nitrogens is 2. The van der Waals surface area contributed by atoms with Crippen molar-refractivity contribution < 1.29 is 4.79 Å². The summed E-state index contributed by atoms with van der Waals surface area (Å²) in [6.45, 7) is 10.7. The topological polar surface area (TPSA) is 95.9 Å². The summed E-state index contributed by atoms with van der Waals surface area (Å²) in [4.78, 5) is 17.8. The number of nitriles is 1. The van der Waals surface area contributed by atoms with Crippen molar-refractivity contribution in [1.82, 2.24) is 10.2 Å². The maximum absolute atomic E-state index is 13.8. The molecule has 1 aliphatic heterocycles. The average Bonchev–Trinajstić information content (AvgIpc) is 3.52. The molecule has 0 saturated heterocycles. The van der Waals surface area contributed by atoms with Crippen molar-refractivity contribution in [1.29, 1.82) is 5.26 Å².